The first-order valence-corrected chi connectivity index (χ1v) is 7.64. The zero-order valence-electron chi connectivity index (χ0n) is 10.9. The van der Waals surface area contributed by atoms with Crippen LogP contribution in [0.25, 0.3) is 0 Å². The minimum Gasteiger partial charge on any atom is -0.481 e. The third kappa shape index (κ3) is 7.98. The molecule has 0 aromatic rings. The van der Waals surface area contributed by atoms with Crippen molar-refractivity contribution in [2.24, 2.45) is 5.92 Å². The Labute approximate surface area is 116 Å². The van der Waals surface area contributed by atoms with E-state index < -0.39 is 5.97 Å². The lowest BCUT2D eigenvalue weighted by atomic mass is 9.91. The summed E-state index contributed by atoms with van der Waals surface area (Å²) in [5.41, 5.74) is 0. The van der Waals surface area contributed by atoms with Crippen molar-refractivity contribution in [2.45, 2.75) is 69.3 Å². The highest BCUT2D eigenvalue weighted by Gasteiger charge is 2.26. The van der Waals surface area contributed by atoms with Gasteiger partial charge in [-0.15, -0.1) is 0 Å². The summed E-state index contributed by atoms with van der Waals surface area (Å²) in [6.45, 7) is 4.28. The Bertz CT molecular complexity index is 196. The predicted octanol–water partition coefficient (Wildman–Crippen LogP) is 4.05. The molecule has 0 aliphatic rings. The number of rotatable bonds is 10. The van der Waals surface area contributed by atoms with Gasteiger partial charge in [-0.25, -0.2) is 0 Å². The first kappa shape index (κ1) is 17.2. The van der Waals surface area contributed by atoms with E-state index in [0.29, 0.717) is 0 Å². The van der Waals surface area contributed by atoms with Crippen molar-refractivity contribution in [3.8, 4) is 0 Å². The molecule has 0 aromatic carbocycles. The average Bonchev–Trinajstić information content (AvgIpc) is 2.29. The summed E-state index contributed by atoms with van der Waals surface area (Å²) in [4.78, 5) is 10.9. The monoisotopic (exact) mass is 278 g/mol. The summed E-state index contributed by atoms with van der Waals surface area (Å²) in [5.74, 6) is -0.654. The Morgan fingerprint density at radius 1 is 1.06 bits per heavy atom. The molecule has 0 radical (unpaired) electrons. The van der Waals surface area contributed by atoms with Crippen LogP contribution in [0.3, 0.4) is 0 Å². The van der Waals surface area contributed by atoms with Gasteiger partial charge in [0.05, 0.1) is 6.42 Å². The van der Waals surface area contributed by atoms with Crippen LogP contribution in [0.4, 0.5) is 0 Å². The fourth-order valence-electron chi connectivity index (χ4n) is 1.98. The maximum absolute atomic E-state index is 10.9. The van der Waals surface area contributed by atoms with Gasteiger partial charge in [0.2, 0.25) is 0 Å². The van der Waals surface area contributed by atoms with Gasteiger partial charge in [0.1, 0.15) is 0 Å². The lowest BCUT2D eigenvalue weighted by Crippen LogP contribution is -2.28. The molecule has 0 saturated carbocycles. The molecule has 0 aliphatic heterocycles. The third-order valence-electron chi connectivity index (χ3n) is 3.11. The highest BCUT2D eigenvalue weighted by molar-refractivity contribution is 7.82. The van der Waals surface area contributed by atoms with Gasteiger partial charge in [-0.3, -0.25) is 4.79 Å². The SMILES string of the molecule is CCCCC(S)C(CC(=O)O)C(S)CCCC. The van der Waals surface area contributed by atoms with E-state index in [2.05, 4.69) is 39.1 Å². The van der Waals surface area contributed by atoms with Gasteiger partial charge >= 0.3 is 5.97 Å². The number of thiol groups is 2. The van der Waals surface area contributed by atoms with Crippen LogP contribution >= 0.6 is 25.3 Å². The van der Waals surface area contributed by atoms with E-state index in [1.54, 1.807) is 0 Å². The van der Waals surface area contributed by atoms with Crippen molar-refractivity contribution in [3.63, 3.8) is 0 Å². The number of hydrogen-bond acceptors (Lipinski definition) is 3. The Balaban J connectivity index is 4.33. The highest BCUT2D eigenvalue weighted by Crippen LogP contribution is 2.29. The standard InChI is InChI=1S/C13H26O2S2/c1-3-5-7-11(16)10(9-13(14)15)12(17)8-6-4-2/h10-12,16-17H,3-9H2,1-2H3,(H,14,15). The smallest absolute Gasteiger partial charge is 0.303 e. The fourth-order valence-corrected chi connectivity index (χ4v) is 3.11. The molecule has 1 N–H and O–H groups in total. The first-order valence-electron chi connectivity index (χ1n) is 6.60. The summed E-state index contributed by atoms with van der Waals surface area (Å²) in [6, 6.07) is 0. The molecule has 0 heterocycles. The Morgan fingerprint density at radius 3 is 1.76 bits per heavy atom. The molecule has 0 aliphatic carbocycles. The minimum atomic E-state index is -0.735. The molecule has 0 spiro atoms. The van der Waals surface area contributed by atoms with Crippen LogP contribution in [0, 0.1) is 5.92 Å². The summed E-state index contributed by atoms with van der Waals surface area (Å²) in [5, 5.41) is 9.28. The summed E-state index contributed by atoms with van der Waals surface area (Å²) in [6.07, 6.45) is 6.64. The summed E-state index contributed by atoms with van der Waals surface area (Å²) in [7, 11) is 0. The number of carboxylic acid groups (broad SMARTS) is 1. The molecule has 0 amide bonds. The zero-order valence-corrected chi connectivity index (χ0v) is 12.7. The first-order chi connectivity index (χ1) is 8.02. The Hall–Kier alpha value is 0.170. The molecule has 2 nitrogen and oxygen atoms in total. The van der Waals surface area contributed by atoms with E-state index in [0.717, 1.165) is 38.5 Å². The van der Waals surface area contributed by atoms with Gasteiger partial charge in [0.25, 0.3) is 0 Å². The van der Waals surface area contributed by atoms with Crippen molar-refractivity contribution in [1.82, 2.24) is 0 Å². The molecular formula is C13H26O2S2. The number of carboxylic acids is 1. The Morgan fingerprint density at radius 2 is 1.47 bits per heavy atom. The van der Waals surface area contributed by atoms with Crippen molar-refractivity contribution in [1.29, 1.82) is 0 Å². The van der Waals surface area contributed by atoms with Crippen LogP contribution in [0.2, 0.25) is 0 Å². The molecule has 0 saturated heterocycles. The van der Waals surface area contributed by atoms with Crippen LogP contribution in [-0.2, 0) is 4.79 Å². The van der Waals surface area contributed by atoms with E-state index >= 15 is 0 Å². The maximum atomic E-state index is 10.9. The number of hydrogen-bond donors (Lipinski definition) is 3. The zero-order chi connectivity index (χ0) is 13.3. The van der Waals surface area contributed by atoms with Crippen LogP contribution in [0.5, 0.6) is 0 Å². The Kier molecular flexibility index (Phi) is 10.2. The second-order valence-corrected chi connectivity index (χ2v) is 6.01. The quantitative estimate of drug-likeness (QED) is 0.527. The van der Waals surface area contributed by atoms with Gasteiger partial charge in [0, 0.05) is 10.5 Å². The van der Waals surface area contributed by atoms with E-state index in [4.69, 9.17) is 5.11 Å². The van der Waals surface area contributed by atoms with Crippen LogP contribution < -0.4 is 0 Å². The molecule has 2 atom stereocenters. The van der Waals surface area contributed by atoms with Gasteiger partial charge in [-0.05, 0) is 18.8 Å². The highest BCUT2D eigenvalue weighted by atomic mass is 32.1. The second kappa shape index (κ2) is 10.1. The second-order valence-electron chi connectivity index (χ2n) is 4.68. The molecule has 2 unspecified atom stereocenters. The van der Waals surface area contributed by atoms with Crippen LogP contribution in [0.1, 0.15) is 58.8 Å². The molecular weight excluding hydrogens is 252 g/mol. The van der Waals surface area contributed by atoms with Crippen molar-refractivity contribution in [2.75, 3.05) is 0 Å². The molecule has 0 aromatic heterocycles. The number of carbonyl (C=O) groups is 1. The topological polar surface area (TPSA) is 37.3 Å². The van der Waals surface area contributed by atoms with E-state index in [1.807, 2.05) is 0 Å². The number of aliphatic carboxylic acids is 1. The minimum absolute atomic E-state index is 0.0808. The summed E-state index contributed by atoms with van der Waals surface area (Å²) >= 11 is 9.17. The largest absolute Gasteiger partial charge is 0.481 e. The fraction of sp³-hybridized carbons (Fsp3) is 0.923. The molecule has 4 heteroatoms. The van der Waals surface area contributed by atoms with Crippen LogP contribution in [0.15, 0.2) is 0 Å². The maximum Gasteiger partial charge on any atom is 0.303 e. The molecule has 0 rings (SSSR count). The lowest BCUT2D eigenvalue weighted by molar-refractivity contribution is -0.138. The van der Waals surface area contributed by atoms with Crippen molar-refractivity contribution in [3.05, 3.63) is 0 Å². The van der Waals surface area contributed by atoms with E-state index in [9.17, 15) is 4.79 Å². The van der Waals surface area contributed by atoms with Gasteiger partial charge in [-0.2, -0.15) is 25.3 Å². The van der Waals surface area contributed by atoms with Gasteiger partial charge < -0.3 is 5.11 Å². The predicted molar refractivity (Wildman–Crippen MR) is 80.3 cm³/mol. The molecule has 17 heavy (non-hydrogen) atoms. The molecule has 0 bridgehead atoms. The normalized spacial score (nSPS) is 16.5. The van der Waals surface area contributed by atoms with Gasteiger partial charge in [0.15, 0.2) is 0 Å². The third-order valence-corrected chi connectivity index (χ3v) is 4.39. The molecule has 0 fully saturated rings. The average molecular weight is 278 g/mol. The van der Waals surface area contributed by atoms with Crippen molar-refractivity contribution >= 4 is 31.2 Å². The number of unbranched alkanes of at least 4 members (excludes halogenated alkanes) is 2. The van der Waals surface area contributed by atoms with Crippen molar-refractivity contribution < 1.29 is 9.90 Å². The lowest BCUT2D eigenvalue weighted by Gasteiger charge is -2.27. The van der Waals surface area contributed by atoms with E-state index in [1.165, 1.54) is 0 Å². The molecule has 102 valence electrons. The summed E-state index contributed by atoms with van der Waals surface area (Å²) < 4.78 is 0. The van der Waals surface area contributed by atoms with Crippen LogP contribution in [-0.4, -0.2) is 21.6 Å². The van der Waals surface area contributed by atoms with E-state index in [-0.39, 0.29) is 22.8 Å². The van der Waals surface area contributed by atoms with Gasteiger partial charge in [-0.1, -0.05) is 39.5 Å².